The monoisotopic (exact) mass is 379 g/mol. The predicted octanol–water partition coefficient (Wildman–Crippen LogP) is 1.93. The van der Waals surface area contributed by atoms with Crippen LogP contribution < -0.4 is 5.32 Å². The van der Waals surface area contributed by atoms with E-state index in [1.165, 1.54) is 12.1 Å². The van der Waals surface area contributed by atoms with Crippen molar-refractivity contribution in [1.29, 1.82) is 0 Å². The van der Waals surface area contributed by atoms with Crippen LogP contribution in [0, 0.1) is 10.1 Å². The molecule has 1 aromatic rings. The first kappa shape index (κ1) is 17.2. The zero-order valence-electron chi connectivity index (χ0n) is 11.6. The number of nitrogens with zero attached hydrogens (tertiary/aromatic N) is 2. The lowest BCUT2D eigenvalue weighted by atomic mass is 9.97. The summed E-state index contributed by atoms with van der Waals surface area (Å²) in [6, 6.07) is 2.55. The van der Waals surface area contributed by atoms with Gasteiger partial charge in [-0.1, -0.05) is 6.07 Å². The summed E-state index contributed by atoms with van der Waals surface area (Å²) >= 11 is 3.04. The molecule has 0 spiro atoms. The molecule has 1 heterocycles. The molecule has 1 aromatic carbocycles. The van der Waals surface area contributed by atoms with E-state index in [1.807, 2.05) is 0 Å². The van der Waals surface area contributed by atoms with Crippen molar-refractivity contribution in [3.8, 4) is 0 Å². The molecule has 1 atom stereocenters. The minimum Gasteiger partial charge on any atom is -0.390 e. The lowest BCUT2D eigenvalue weighted by Crippen LogP contribution is -2.51. The van der Waals surface area contributed by atoms with Crippen LogP contribution in [0.5, 0.6) is 0 Å². The topological polar surface area (TPSA) is 78.6 Å². The number of alkyl halides is 2. The van der Waals surface area contributed by atoms with Gasteiger partial charge in [-0.2, -0.15) is 0 Å². The van der Waals surface area contributed by atoms with E-state index in [-0.39, 0.29) is 15.7 Å². The summed E-state index contributed by atoms with van der Waals surface area (Å²) in [5.41, 5.74) is -0.151. The summed E-state index contributed by atoms with van der Waals surface area (Å²) in [6.45, 7) is 0.549. The van der Waals surface area contributed by atoms with E-state index in [1.54, 1.807) is 4.90 Å². The third-order valence-corrected chi connectivity index (χ3v) is 4.28. The number of nitrogens with one attached hydrogen (secondary N) is 1. The van der Waals surface area contributed by atoms with E-state index in [2.05, 4.69) is 21.2 Å². The van der Waals surface area contributed by atoms with Crippen molar-refractivity contribution >= 4 is 21.6 Å². The maximum Gasteiger partial charge on any atom is 0.289 e. The van der Waals surface area contributed by atoms with Gasteiger partial charge in [-0.25, -0.2) is 8.78 Å². The van der Waals surface area contributed by atoms with E-state index >= 15 is 0 Å². The van der Waals surface area contributed by atoms with Crippen LogP contribution in [0.3, 0.4) is 0 Å². The molecule has 0 amide bonds. The molecule has 2 N–H and O–H groups in total. The molecular formula is C13H16BrF2N3O3. The number of rotatable bonds is 5. The molecule has 22 heavy (non-hydrogen) atoms. The average Bonchev–Trinajstić information content (AvgIpc) is 2.50. The second-order valence-electron chi connectivity index (χ2n) is 5.08. The quantitative estimate of drug-likeness (QED) is 0.603. The van der Waals surface area contributed by atoms with Crippen molar-refractivity contribution in [3.05, 3.63) is 38.3 Å². The highest BCUT2D eigenvalue weighted by molar-refractivity contribution is 9.10. The summed E-state index contributed by atoms with van der Waals surface area (Å²) in [5, 5.41) is 23.1. The molecule has 9 heteroatoms. The Morgan fingerprint density at radius 3 is 2.64 bits per heavy atom. The zero-order valence-corrected chi connectivity index (χ0v) is 13.2. The number of piperazine rings is 1. The van der Waals surface area contributed by atoms with Crippen LogP contribution in [0.1, 0.15) is 11.6 Å². The lowest BCUT2D eigenvalue weighted by Gasteiger charge is -2.38. The fraction of sp³-hybridized carbons (Fsp3) is 0.538. The van der Waals surface area contributed by atoms with Crippen molar-refractivity contribution in [3.63, 3.8) is 0 Å². The predicted molar refractivity (Wildman–Crippen MR) is 80.0 cm³/mol. The van der Waals surface area contributed by atoms with Gasteiger partial charge in [0.05, 0.1) is 9.40 Å². The largest absolute Gasteiger partial charge is 0.390 e. The molecule has 0 saturated carbocycles. The number of nitro groups is 1. The molecule has 1 saturated heterocycles. The molecule has 1 aliphatic heterocycles. The zero-order chi connectivity index (χ0) is 16.3. The molecule has 0 unspecified atom stereocenters. The van der Waals surface area contributed by atoms with Crippen LogP contribution in [0.2, 0.25) is 0 Å². The van der Waals surface area contributed by atoms with Crippen molar-refractivity contribution in [2.24, 2.45) is 0 Å². The van der Waals surface area contributed by atoms with Crippen molar-refractivity contribution < 1.29 is 18.8 Å². The molecule has 1 aliphatic rings. The third kappa shape index (κ3) is 3.60. The van der Waals surface area contributed by atoms with Crippen LogP contribution in [0.15, 0.2) is 22.7 Å². The van der Waals surface area contributed by atoms with E-state index in [0.717, 1.165) is 6.07 Å². The number of hydrogen-bond donors (Lipinski definition) is 2. The SMILES string of the molecule is O=[N+]([O-])c1cc([C@@H](N2CCNCC2)C(F)(F)CO)ccc1Br. The van der Waals surface area contributed by atoms with Gasteiger partial charge in [-0.05, 0) is 27.6 Å². The number of hydrogen-bond acceptors (Lipinski definition) is 5. The summed E-state index contributed by atoms with van der Waals surface area (Å²) in [6.07, 6.45) is 0. The Balaban J connectivity index is 2.44. The number of nitro benzene ring substituents is 1. The van der Waals surface area contributed by atoms with Crippen molar-refractivity contribution in [2.45, 2.75) is 12.0 Å². The van der Waals surface area contributed by atoms with Gasteiger partial charge in [0.1, 0.15) is 12.6 Å². The van der Waals surface area contributed by atoms with Gasteiger partial charge in [0.15, 0.2) is 0 Å². The van der Waals surface area contributed by atoms with Crippen LogP contribution in [0.25, 0.3) is 0 Å². The molecular weight excluding hydrogens is 364 g/mol. The lowest BCUT2D eigenvalue weighted by molar-refractivity contribution is -0.385. The first-order chi connectivity index (χ1) is 10.4. The molecule has 1 fully saturated rings. The molecule has 0 bridgehead atoms. The minimum absolute atomic E-state index is 0.121. The fourth-order valence-corrected chi connectivity index (χ4v) is 2.98. The van der Waals surface area contributed by atoms with E-state index in [4.69, 9.17) is 5.11 Å². The first-order valence-corrected chi connectivity index (χ1v) is 7.53. The summed E-state index contributed by atoms with van der Waals surface area (Å²) in [4.78, 5) is 11.9. The van der Waals surface area contributed by atoms with Crippen LogP contribution >= 0.6 is 15.9 Å². The van der Waals surface area contributed by atoms with Crippen LogP contribution in [-0.4, -0.2) is 53.6 Å². The Morgan fingerprint density at radius 2 is 2.09 bits per heavy atom. The Bertz CT molecular complexity index is 553. The number of aliphatic hydroxyl groups excluding tert-OH is 1. The molecule has 0 aliphatic carbocycles. The highest BCUT2D eigenvalue weighted by atomic mass is 79.9. The molecule has 2 rings (SSSR count). The number of halogens is 3. The van der Waals surface area contributed by atoms with Gasteiger partial charge in [0, 0.05) is 32.2 Å². The molecule has 6 nitrogen and oxygen atoms in total. The second-order valence-corrected chi connectivity index (χ2v) is 5.93. The molecule has 0 radical (unpaired) electrons. The van der Waals surface area contributed by atoms with E-state index in [9.17, 15) is 18.9 Å². The summed E-state index contributed by atoms with van der Waals surface area (Å²) < 4.78 is 28.7. The smallest absolute Gasteiger partial charge is 0.289 e. The maximum atomic E-state index is 14.2. The first-order valence-electron chi connectivity index (χ1n) is 6.74. The standard InChI is InChI=1S/C13H16BrF2N3O3/c14-10-2-1-9(7-11(10)19(21)22)12(13(15,16)8-20)18-5-3-17-4-6-18/h1-2,7,12,17,20H,3-6,8H2/t12-/m1/s1. The van der Waals surface area contributed by atoms with Gasteiger partial charge >= 0.3 is 0 Å². The van der Waals surface area contributed by atoms with Gasteiger partial charge in [0.2, 0.25) is 0 Å². The van der Waals surface area contributed by atoms with Gasteiger partial charge < -0.3 is 10.4 Å². The van der Waals surface area contributed by atoms with Gasteiger partial charge in [0.25, 0.3) is 11.6 Å². The van der Waals surface area contributed by atoms with Crippen LogP contribution in [0.4, 0.5) is 14.5 Å². The number of aliphatic hydroxyl groups is 1. The highest BCUT2D eigenvalue weighted by Crippen LogP contribution is 2.39. The Labute approximate surface area is 134 Å². The van der Waals surface area contributed by atoms with Gasteiger partial charge in [-0.15, -0.1) is 0 Å². The minimum atomic E-state index is -3.39. The Morgan fingerprint density at radius 1 is 1.45 bits per heavy atom. The average molecular weight is 380 g/mol. The van der Waals surface area contributed by atoms with E-state index in [0.29, 0.717) is 26.2 Å². The summed E-state index contributed by atoms with van der Waals surface area (Å²) in [5.74, 6) is -3.39. The van der Waals surface area contributed by atoms with Crippen molar-refractivity contribution in [2.75, 3.05) is 32.8 Å². The Kier molecular flexibility index (Phi) is 5.43. The van der Waals surface area contributed by atoms with Gasteiger partial charge in [-0.3, -0.25) is 15.0 Å². The molecule has 122 valence electrons. The maximum absolute atomic E-state index is 14.2. The summed E-state index contributed by atoms with van der Waals surface area (Å²) in [7, 11) is 0. The second kappa shape index (κ2) is 6.95. The van der Waals surface area contributed by atoms with E-state index < -0.39 is 23.5 Å². The normalized spacial score (nSPS) is 18.2. The third-order valence-electron chi connectivity index (χ3n) is 3.61. The fourth-order valence-electron chi connectivity index (χ4n) is 2.59. The Hall–Kier alpha value is -1.16. The molecule has 0 aromatic heterocycles. The van der Waals surface area contributed by atoms with Crippen LogP contribution in [-0.2, 0) is 0 Å². The number of benzene rings is 1. The van der Waals surface area contributed by atoms with Crippen molar-refractivity contribution in [1.82, 2.24) is 10.2 Å². The highest BCUT2D eigenvalue weighted by Gasteiger charge is 2.44.